The number of nitrogens with one attached hydrogen (secondary N) is 1. The van der Waals surface area contributed by atoms with Crippen LogP contribution in [0.25, 0.3) is 0 Å². The Labute approximate surface area is 112 Å². The van der Waals surface area contributed by atoms with Crippen molar-refractivity contribution in [2.45, 2.75) is 65.8 Å². The lowest BCUT2D eigenvalue weighted by Gasteiger charge is -2.29. The van der Waals surface area contributed by atoms with Crippen LogP contribution < -0.4 is 5.32 Å². The van der Waals surface area contributed by atoms with Crippen LogP contribution >= 0.6 is 0 Å². The summed E-state index contributed by atoms with van der Waals surface area (Å²) in [6, 6.07) is 0.496. The highest BCUT2D eigenvalue weighted by molar-refractivity contribution is 5.72. The maximum atomic E-state index is 11.7. The topological polar surface area (TPSA) is 38.3 Å². The van der Waals surface area contributed by atoms with E-state index in [1.807, 2.05) is 6.92 Å². The molecule has 0 saturated heterocycles. The second kappa shape index (κ2) is 7.13. The first-order chi connectivity index (χ1) is 8.42. The Morgan fingerprint density at radius 2 is 2.06 bits per heavy atom. The van der Waals surface area contributed by atoms with Gasteiger partial charge in [-0.05, 0) is 44.6 Å². The fourth-order valence-corrected chi connectivity index (χ4v) is 2.50. The second-order valence-corrected chi connectivity index (χ2v) is 6.58. The summed E-state index contributed by atoms with van der Waals surface area (Å²) in [6.45, 7) is 10.2. The maximum absolute atomic E-state index is 11.7. The minimum Gasteiger partial charge on any atom is -0.466 e. The molecule has 0 aromatic carbocycles. The first-order valence-corrected chi connectivity index (χ1v) is 7.32. The normalized spacial score (nSPS) is 24.9. The largest absolute Gasteiger partial charge is 0.466 e. The molecule has 3 nitrogen and oxygen atoms in total. The highest BCUT2D eigenvalue weighted by atomic mass is 16.5. The minimum absolute atomic E-state index is 0.000165. The molecule has 3 heteroatoms. The fraction of sp³-hybridized carbons (Fsp3) is 0.933. The van der Waals surface area contributed by atoms with Crippen LogP contribution in [0.2, 0.25) is 0 Å². The van der Waals surface area contributed by atoms with Crippen LogP contribution in [0.15, 0.2) is 0 Å². The Bertz CT molecular complexity index is 258. The lowest BCUT2D eigenvalue weighted by molar-refractivity contribution is -0.149. The molecule has 0 bridgehead atoms. The molecule has 1 aliphatic rings. The van der Waals surface area contributed by atoms with Crippen molar-refractivity contribution in [3.63, 3.8) is 0 Å². The van der Waals surface area contributed by atoms with Crippen molar-refractivity contribution in [3.05, 3.63) is 0 Å². The zero-order valence-corrected chi connectivity index (χ0v) is 12.4. The lowest BCUT2D eigenvalue weighted by atomic mass is 9.85. The van der Waals surface area contributed by atoms with Gasteiger partial charge in [0, 0.05) is 6.04 Å². The molecular formula is C15H29NO2. The van der Waals surface area contributed by atoms with E-state index >= 15 is 0 Å². The molecule has 1 rings (SSSR count). The highest BCUT2D eigenvalue weighted by Crippen LogP contribution is 2.26. The third-order valence-electron chi connectivity index (χ3n) is 3.60. The molecule has 106 valence electrons. The van der Waals surface area contributed by atoms with E-state index in [4.69, 9.17) is 4.74 Å². The van der Waals surface area contributed by atoms with E-state index in [0.717, 1.165) is 25.8 Å². The summed E-state index contributed by atoms with van der Waals surface area (Å²) >= 11 is 0. The lowest BCUT2D eigenvalue weighted by Crippen LogP contribution is -2.38. The summed E-state index contributed by atoms with van der Waals surface area (Å²) in [4.78, 5) is 11.7. The van der Waals surface area contributed by atoms with Gasteiger partial charge in [-0.3, -0.25) is 4.79 Å². The molecule has 0 spiro atoms. The van der Waals surface area contributed by atoms with Gasteiger partial charge in [0.05, 0.1) is 12.5 Å². The van der Waals surface area contributed by atoms with Crippen molar-refractivity contribution >= 4 is 5.97 Å². The van der Waals surface area contributed by atoms with Crippen LogP contribution in [-0.2, 0) is 9.53 Å². The van der Waals surface area contributed by atoms with Crippen molar-refractivity contribution in [3.8, 4) is 0 Å². The average molecular weight is 255 g/mol. The third kappa shape index (κ3) is 5.85. The van der Waals surface area contributed by atoms with Crippen molar-refractivity contribution in [1.29, 1.82) is 0 Å². The van der Waals surface area contributed by atoms with E-state index < -0.39 is 0 Å². The molecule has 1 fully saturated rings. The van der Waals surface area contributed by atoms with Crippen molar-refractivity contribution in [2.24, 2.45) is 11.3 Å². The van der Waals surface area contributed by atoms with Gasteiger partial charge < -0.3 is 10.1 Å². The monoisotopic (exact) mass is 255 g/mol. The molecule has 0 aliphatic heterocycles. The summed E-state index contributed by atoms with van der Waals surface area (Å²) in [5.74, 6) is 0.116. The zero-order valence-electron chi connectivity index (χ0n) is 12.4. The summed E-state index contributed by atoms with van der Waals surface area (Å²) in [6.07, 6.45) is 5.45. The molecular weight excluding hydrogens is 226 g/mol. The summed E-state index contributed by atoms with van der Waals surface area (Å²) in [5, 5.41) is 3.60. The van der Waals surface area contributed by atoms with Gasteiger partial charge >= 0.3 is 5.97 Å². The Hall–Kier alpha value is -0.570. The number of esters is 1. The maximum Gasteiger partial charge on any atom is 0.308 e. The standard InChI is InChI=1S/C15H29NO2/c1-5-18-14(17)12-7-6-8-13(11-12)16-10-9-15(2,3)4/h12-13,16H,5-11H2,1-4H3. The van der Waals surface area contributed by atoms with E-state index in [9.17, 15) is 4.79 Å². The van der Waals surface area contributed by atoms with Gasteiger partial charge in [0.2, 0.25) is 0 Å². The van der Waals surface area contributed by atoms with E-state index in [0.29, 0.717) is 18.1 Å². The molecule has 0 radical (unpaired) electrons. The van der Waals surface area contributed by atoms with Crippen LogP contribution in [-0.4, -0.2) is 25.2 Å². The Morgan fingerprint density at radius 1 is 1.33 bits per heavy atom. The van der Waals surface area contributed by atoms with Crippen molar-refractivity contribution in [2.75, 3.05) is 13.2 Å². The number of ether oxygens (including phenoxy) is 1. The smallest absolute Gasteiger partial charge is 0.308 e. The van der Waals surface area contributed by atoms with Crippen LogP contribution in [0.3, 0.4) is 0 Å². The second-order valence-electron chi connectivity index (χ2n) is 6.58. The van der Waals surface area contributed by atoms with Gasteiger partial charge in [-0.25, -0.2) is 0 Å². The first kappa shape index (κ1) is 15.5. The Balaban J connectivity index is 2.28. The third-order valence-corrected chi connectivity index (χ3v) is 3.60. The predicted molar refractivity (Wildman–Crippen MR) is 74.5 cm³/mol. The van der Waals surface area contributed by atoms with Gasteiger partial charge in [0.1, 0.15) is 0 Å². The van der Waals surface area contributed by atoms with Crippen LogP contribution in [0.5, 0.6) is 0 Å². The van der Waals surface area contributed by atoms with E-state index in [1.165, 1.54) is 12.8 Å². The molecule has 1 aliphatic carbocycles. The number of carbonyl (C=O) groups excluding carboxylic acids is 1. The van der Waals surface area contributed by atoms with E-state index in [-0.39, 0.29) is 11.9 Å². The average Bonchev–Trinajstić information content (AvgIpc) is 2.28. The molecule has 0 aromatic rings. The van der Waals surface area contributed by atoms with E-state index in [1.54, 1.807) is 0 Å². The molecule has 2 unspecified atom stereocenters. The summed E-state index contributed by atoms with van der Waals surface area (Å²) in [5.41, 5.74) is 0.377. The number of hydrogen-bond acceptors (Lipinski definition) is 3. The van der Waals surface area contributed by atoms with Crippen molar-refractivity contribution in [1.82, 2.24) is 5.32 Å². The van der Waals surface area contributed by atoms with Crippen molar-refractivity contribution < 1.29 is 9.53 Å². The molecule has 1 saturated carbocycles. The minimum atomic E-state index is -0.000165. The number of carbonyl (C=O) groups is 1. The van der Waals surface area contributed by atoms with Crippen LogP contribution in [0, 0.1) is 11.3 Å². The Kier molecular flexibility index (Phi) is 6.13. The van der Waals surface area contributed by atoms with Gasteiger partial charge in [0.15, 0.2) is 0 Å². The van der Waals surface area contributed by atoms with Crippen LogP contribution in [0.4, 0.5) is 0 Å². The van der Waals surface area contributed by atoms with Gasteiger partial charge in [-0.1, -0.05) is 27.2 Å². The van der Waals surface area contributed by atoms with Gasteiger partial charge in [0.25, 0.3) is 0 Å². The molecule has 1 N–H and O–H groups in total. The number of hydrogen-bond donors (Lipinski definition) is 1. The molecule has 2 atom stereocenters. The van der Waals surface area contributed by atoms with E-state index in [2.05, 4.69) is 26.1 Å². The Morgan fingerprint density at radius 3 is 2.67 bits per heavy atom. The zero-order chi connectivity index (χ0) is 13.6. The predicted octanol–water partition coefficient (Wildman–Crippen LogP) is 3.13. The highest BCUT2D eigenvalue weighted by Gasteiger charge is 2.28. The molecule has 0 amide bonds. The fourth-order valence-electron chi connectivity index (χ4n) is 2.50. The van der Waals surface area contributed by atoms with Gasteiger partial charge in [-0.15, -0.1) is 0 Å². The SMILES string of the molecule is CCOC(=O)C1CCCC(NCCC(C)(C)C)C1. The van der Waals surface area contributed by atoms with Gasteiger partial charge in [-0.2, -0.15) is 0 Å². The van der Waals surface area contributed by atoms with Crippen LogP contribution in [0.1, 0.15) is 59.8 Å². The number of rotatable bonds is 5. The first-order valence-electron chi connectivity index (χ1n) is 7.32. The quantitative estimate of drug-likeness (QED) is 0.767. The molecule has 18 heavy (non-hydrogen) atoms. The summed E-state index contributed by atoms with van der Waals surface area (Å²) < 4.78 is 5.12. The molecule has 0 heterocycles. The summed E-state index contributed by atoms with van der Waals surface area (Å²) in [7, 11) is 0. The molecule has 0 aromatic heterocycles.